The summed E-state index contributed by atoms with van der Waals surface area (Å²) in [5.74, 6) is -2.22. The second-order valence-corrected chi connectivity index (χ2v) is 5.73. The molecule has 0 aliphatic rings. The third-order valence-corrected chi connectivity index (χ3v) is 3.87. The van der Waals surface area contributed by atoms with E-state index in [4.69, 9.17) is 5.73 Å². The largest absolute Gasteiger partial charge is 0.517 e. The van der Waals surface area contributed by atoms with E-state index in [-0.39, 0.29) is 6.54 Å². The van der Waals surface area contributed by atoms with E-state index in [1.165, 1.54) is 6.07 Å². The highest BCUT2D eigenvalue weighted by molar-refractivity contribution is 5.70. The Hall–Kier alpha value is -2.97. The number of nitrogen functional groups attached to an aromatic ring is 1. The summed E-state index contributed by atoms with van der Waals surface area (Å²) in [4.78, 5) is 0. The van der Waals surface area contributed by atoms with Gasteiger partial charge in [-0.2, -0.15) is 26.3 Å². The van der Waals surface area contributed by atoms with Gasteiger partial charge in [0.05, 0.1) is 11.1 Å². The van der Waals surface area contributed by atoms with Gasteiger partial charge in [0.1, 0.15) is 0 Å². The molecule has 0 aliphatic heterocycles. The summed E-state index contributed by atoms with van der Waals surface area (Å²) < 4.78 is 85.6. The van der Waals surface area contributed by atoms with Crippen LogP contribution < -0.4 is 10.3 Å². The van der Waals surface area contributed by atoms with E-state index in [1.807, 2.05) is 0 Å². The van der Waals surface area contributed by atoms with Crippen molar-refractivity contribution < 1.29 is 35.3 Å². The van der Waals surface area contributed by atoms with Crippen LogP contribution in [0.3, 0.4) is 0 Å². The number of halogens is 6. The van der Waals surface area contributed by atoms with Crippen LogP contribution in [-0.2, 0) is 18.9 Å². The summed E-state index contributed by atoms with van der Waals surface area (Å²) in [6.07, 6.45) is -9.71. The molecule has 3 nitrogen and oxygen atoms in total. The van der Waals surface area contributed by atoms with Crippen molar-refractivity contribution in [2.75, 3.05) is 5.73 Å². The van der Waals surface area contributed by atoms with Gasteiger partial charge in [-0.05, 0) is 12.1 Å². The van der Waals surface area contributed by atoms with Gasteiger partial charge in [-0.1, -0.05) is 42.5 Å². The number of benzene rings is 2. The van der Waals surface area contributed by atoms with Crippen LogP contribution in [0.2, 0.25) is 0 Å². The Labute approximate surface area is 149 Å². The Kier molecular flexibility index (Phi) is 4.63. The highest BCUT2D eigenvalue weighted by Gasteiger charge is 2.50. The minimum absolute atomic E-state index is 0.363. The molecule has 0 radical (unpaired) electrons. The highest BCUT2D eigenvalue weighted by Crippen LogP contribution is 2.40. The van der Waals surface area contributed by atoms with Gasteiger partial charge in [0.15, 0.2) is 6.54 Å². The van der Waals surface area contributed by atoms with Crippen molar-refractivity contribution in [2.24, 2.45) is 0 Å². The third-order valence-electron chi connectivity index (χ3n) is 3.87. The smallest absolute Gasteiger partial charge is 0.378 e. The van der Waals surface area contributed by atoms with Crippen molar-refractivity contribution in [3.63, 3.8) is 0 Å². The average Bonchev–Trinajstić information content (AvgIpc) is 2.91. The van der Waals surface area contributed by atoms with Gasteiger partial charge in [-0.3, -0.25) is 0 Å². The maximum atomic E-state index is 13.4. The fourth-order valence-electron chi connectivity index (χ4n) is 2.78. The van der Waals surface area contributed by atoms with E-state index >= 15 is 0 Å². The van der Waals surface area contributed by atoms with Crippen LogP contribution in [0, 0.1) is 0 Å². The zero-order valence-electron chi connectivity index (χ0n) is 13.6. The molecule has 0 amide bonds. The number of hydrogen-bond donors (Lipinski definition) is 1. The monoisotopic (exact) mass is 387 g/mol. The molecular weight excluding hydrogens is 374 g/mol. The Morgan fingerprint density at radius 2 is 1.41 bits per heavy atom. The number of nitrogens with zero attached hydrogens (tertiary/aromatic N) is 1. The molecular formula is C18H13F6N2O+. The van der Waals surface area contributed by atoms with Gasteiger partial charge in [0, 0.05) is 5.56 Å². The maximum Gasteiger partial charge on any atom is 0.517 e. The van der Waals surface area contributed by atoms with Crippen molar-refractivity contribution in [1.29, 1.82) is 0 Å². The molecule has 1 heterocycles. The molecule has 0 bridgehead atoms. The van der Waals surface area contributed by atoms with E-state index in [0.717, 1.165) is 18.2 Å². The first-order chi connectivity index (χ1) is 12.6. The summed E-state index contributed by atoms with van der Waals surface area (Å²) in [5.41, 5.74) is 3.96. The molecule has 3 aromatic rings. The number of hydrogen-bond acceptors (Lipinski definition) is 2. The molecule has 3 rings (SSSR count). The fourth-order valence-corrected chi connectivity index (χ4v) is 2.78. The van der Waals surface area contributed by atoms with Crippen molar-refractivity contribution in [3.8, 4) is 11.3 Å². The number of nitrogens with two attached hydrogens (primary N) is 1. The van der Waals surface area contributed by atoms with E-state index in [1.54, 1.807) is 30.3 Å². The van der Waals surface area contributed by atoms with Crippen LogP contribution in [0.1, 0.15) is 17.0 Å². The third kappa shape index (κ3) is 3.76. The lowest BCUT2D eigenvalue weighted by atomic mass is 10.0. The quantitative estimate of drug-likeness (QED) is 0.513. The van der Waals surface area contributed by atoms with Gasteiger partial charge in [-0.25, -0.2) is 0 Å². The van der Waals surface area contributed by atoms with Gasteiger partial charge >= 0.3 is 18.2 Å². The molecule has 1 aromatic heterocycles. The van der Waals surface area contributed by atoms with Crippen LogP contribution in [0.15, 0.2) is 59.0 Å². The maximum absolute atomic E-state index is 13.4. The first kappa shape index (κ1) is 18.8. The first-order valence-electron chi connectivity index (χ1n) is 7.69. The minimum atomic E-state index is -4.94. The molecule has 0 saturated heterocycles. The number of aromatic nitrogens is 1. The molecule has 0 fully saturated rings. The lowest BCUT2D eigenvalue weighted by molar-refractivity contribution is -0.701. The molecule has 0 aliphatic carbocycles. The summed E-state index contributed by atoms with van der Waals surface area (Å²) >= 11 is 0. The number of rotatable bonds is 3. The molecule has 2 N–H and O–H groups in total. The Balaban J connectivity index is 2.27. The van der Waals surface area contributed by atoms with Crippen molar-refractivity contribution in [2.45, 2.75) is 18.9 Å². The Morgan fingerprint density at radius 1 is 0.815 bits per heavy atom. The van der Waals surface area contributed by atoms with Gasteiger partial charge < -0.3 is 10.2 Å². The second kappa shape index (κ2) is 6.64. The standard InChI is InChI=1S/C18H13F6N2O/c19-17(20,21)13-9-5-4-8-12(13)14-15(25)27-16(18(22,23)24)26(14)10-11-6-2-1-3-7-11/h1-9H,10,25H2/q+1. The SMILES string of the molecule is Nc1oc(C(F)(F)F)[n+](Cc2ccccc2)c1-c1ccccc1C(F)(F)F. The molecule has 0 atom stereocenters. The predicted molar refractivity (Wildman–Crippen MR) is 84.3 cm³/mol. The number of alkyl halides is 6. The molecule has 27 heavy (non-hydrogen) atoms. The highest BCUT2D eigenvalue weighted by atomic mass is 19.4. The topological polar surface area (TPSA) is 43.0 Å². The summed E-state index contributed by atoms with van der Waals surface area (Å²) in [6.45, 7) is -0.363. The van der Waals surface area contributed by atoms with Gasteiger partial charge in [-0.15, -0.1) is 4.57 Å². The van der Waals surface area contributed by atoms with Crippen LogP contribution in [0.5, 0.6) is 0 Å². The minimum Gasteiger partial charge on any atom is -0.378 e. The van der Waals surface area contributed by atoms with Gasteiger partial charge in [0.2, 0.25) is 0 Å². The summed E-state index contributed by atoms with van der Waals surface area (Å²) in [5, 5.41) is 0. The summed E-state index contributed by atoms with van der Waals surface area (Å²) in [6, 6.07) is 12.3. The van der Waals surface area contributed by atoms with Crippen LogP contribution >= 0.6 is 0 Å². The van der Waals surface area contributed by atoms with Crippen molar-refractivity contribution in [1.82, 2.24) is 0 Å². The Morgan fingerprint density at radius 3 is 2.00 bits per heavy atom. The first-order valence-corrected chi connectivity index (χ1v) is 7.69. The predicted octanol–water partition coefficient (Wildman–Crippen LogP) is 4.90. The normalized spacial score (nSPS) is 12.4. The fraction of sp³-hybridized carbons (Fsp3) is 0.167. The van der Waals surface area contributed by atoms with Crippen LogP contribution in [0.25, 0.3) is 11.3 Å². The Bertz CT molecular complexity index is 945. The molecule has 142 valence electrons. The van der Waals surface area contributed by atoms with Crippen molar-refractivity contribution in [3.05, 3.63) is 71.6 Å². The van der Waals surface area contributed by atoms with E-state index < -0.39 is 40.9 Å². The number of anilines is 1. The summed E-state index contributed by atoms with van der Waals surface area (Å²) in [7, 11) is 0. The van der Waals surface area contributed by atoms with E-state index in [9.17, 15) is 26.3 Å². The lowest BCUT2D eigenvalue weighted by Gasteiger charge is -2.10. The van der Waals surface area contributed by atoms with Gasteiger partial charge in [0.25, 0.3) is 11.6 Å². The van der Waals surface area contributed by atoms with E-state index in [0.29, 0.717) is 10.1 Å². The van der Waals surface area contributed by atoms with Crippen LogP contribution in [0.4, 0.5) is 32.2 Å². The average molecular weight is 387 g/mol. The van der Waals surface area contributed by atoms with Crippen LogP contribution in [-0.4, -0.2) is 0 Å². The second-order valence-electron chi connectivity index (χ2n) is 5.73. The molecule has 0 spiro atoms. The molecule has 2 aromatic carbocycles. The molecule has 0 unspecified atom stereocenters. The zero-order chi connectivity index (χ0) is 19.8. The molecule has 0 saturated carbocycles. The number of oxazole rings is 1. The molecule has 9 heteroatoms. The zero-order valence-corrected chi connectivity index (χ0v) is 13.6. The van der Waals surface area contributed by atoms with Crippen molar-refractivity contribution >= 4 is 5.88 Å². The van der Waals surface area contributed by atoms with E-state index in [2.05, 4.69) is 4.42 Å². The lowest BCUT2D eigenvalue weighted by Crippen LogP contribution is -2.42.